The Morgan fingerprint density at radius 2 is 1.89 bits per heavy atom. The number of ether oxygens (including phenoxy) is 1. The Hall–Kier alpha value is -0.570. The normalized spacial score (nSPS) is 27.7. The van der Waals surface area contributed by atoms with Crippen LogP contribution in [0.5, 0.6) is 0 Å². The first-order valence-electron chi connectivity index (χ1n) is 7.30. The fourth-order valence-corrected chi connectivity index (χ4v) is 3.00. The summed E-state index contributed by atoms with van der Waals surface area (Å²) in [6.45, 7) is 7.62. The van der Waals surface area contributed by atoms with E-state index in [-0.39, 0.29) is 6.10 Å². The molecule has 3 atom stereocenters. The van der Waals surface area contributed by atoms with Gasteiger partial charge in [-0.1, -0.05) is 50.4 Å². The van der Waals surface area contributed by atoms with Gasteiger partial charge >= 0.3 is 0 Å². The van der Waals surface area contributed by atoms with Crippen LogP contribution in [0.2, 0.25) is 5.02 Å². The van der Waals surface area contributed by atoms with Crippen molar-refractivity contribution in [1.82, 2.24) is 5.32 Å². The average molecular weight is 282 g/mol. The van der Waals surface area contributed by atoms with Gasteiger partial charge < -0.3 is 10.1 Å². The number of halogens is 1. The molecule has 19 heavy (non-hydrogen) atoms. The van der Waals surface area contributed by atoms with Gasteiger partial charge in [-0.3, -0.25) is 0 Å². The maximum absolute atomic E-state index is 6.36. The highest BCUT2D eigenvalue weighted by atomic mass is 35.5. The SMILES string of the molecule is CCC(CC)C1CNC(C)C(c2ccc(Cl)cc2)O1. The van der Waals surface area contributed by atoms with Gasteiger partial charge in [0.2, 0.25) is 0 Å². The van der Waals surface area contributed by atoms with Crippen LogP contribution in [0, 0.1) is 5.92 Å². The molecule has 1 aromatic rings. The van der Waals surface area contributed by atoms with Crippen LogP contribution in [-0.4, -0.2) is 18.7 Å². The first-order valence-corrected chi connectivity index (χ1v) is 7.67. The molecule has 3 heteroatoms. The molecule has 0 aromatic heterocycles. The van der Waals surface area contributed by atoms with E-state index in [0.29, 0.717) is 18.1 Å². The van der Waals surface area contributed by atoms with Crippen molar-refractivity contribution in [2.24, 2.45) is 5.92 Å². The van der Waals surface area contributed by atoms with Gasteiger partial charge in [0.05, 0.1) is 12.2 Å². The minimum Gasteiger partial charge on any atom is -0.367 e. The first-order chi connectivity index (χ1) is 9.15. The topological polar surface area (TPSA) is 21.3 Å². The fraction of sp³-hybridized carbons (Fsp3) is 0.625. The number of morpholine rings is 1. The lowest BCUT2D eigenvalue weighted by atomic mass is 9.92. The molecule has 0 aliphatic carbocycles. The van der Waals surface area contributed by atoms with E-state index >= 15 is 0 Å². The Kier molecular flexibility index (Phi) is 5.26. The average Bonchev–Trinajstić information content (AvgIpc) is 2.43. The predicted molar refractivity (Wildman–Crippen MR) is 80.6 cm³/mol. The quantitative estimate of drug-likeness (QED) is 0.893. The van der Waals surface area contributed by atoms with Crippen molar-refractivity contribution in [3.05, 3.63) is 34.9 Å². The van der Waals surface area contributed by atoms with Crippen LogP contribution in [0.4, 0.5) is 0 Å². The zero-order chi connectivity index (χ0) is 13.8. The largest absolute Gasteiger partial charge is 0.367 e. The molecule has 2 rings (SSSR count). The van der Waals surface area contributed by atoms with Crippen molar-refractivity contribution in [3.63, 3.8) is 0 Å². The molecule has 1 fully saturated rings. The summed E-state index contributed by atoms with van der Waals surface area (Å²) in [5.74, 6) is 0.634. The summed E-state index contributed by atoms with van der Waals surface area (Å²) in [4.78, 5) is 0. The van der Waals surface area contributed by atoms with Gasteiger partial charge in [-0.15, -0.1) is 0 Å². The van der Waals surface area contributed by atoms with Crippen LogP contribution in [0.15, 0.2) is 24.3 Å². The van der Waals surface area contributed by atoms with Gasteiger partial charge in [0.1, 0.15) is 0 Å². The molecule has 0 radical (unpaired) electrons. The summed E-state index contributed by atoms with van der Waals surface area (Å²) < 4.78 is 6.36. The maximum atomic E-state index is 6.36. The number of hydrogen-bond acceptors (Lipinski definition) is 2. The van der Waals surface area contributed by atoms with E-state index in [4.69, 9.17) is 16.3 Å². The number of hydrogen-bond donors (Lipinski definition) is 1. The smallest absolute Gasteiger partial charge is 0.0979 e. The summed E-state index contributed by atoms with van der Waals surface area (Å²) in [6.07, 6.45) is 2.78. The van der Waals surface area contributed by atoms with Crippen molar-refractivity contribution in [2.75, 3.05) is 6.54 Å². The minimum absolute atomic E-state index is 0.122. The molecular formula is C16H24ClNO. The second kappa shape index (κ2) is 6.74. The first kappa shape index (κ1) is 14.8. The van der Waals surface area contributed by atoms with Crippen molar-refractivity contribution in [3.8, 4) is 0 Å². The van der Waals surface area contributed by atoms with Crippen molar-refractivity contribution < 1.29 is 4.74 Å². The second-order valence-corrected chi connectivity index (χ2v) is 5.86. The molecular weight excluding hydrogens is 258 g/mol. The third-order valence-electron chi connectivity index (χ3n) is 4.19. The zero-order valence-electron chi connectivity index (χ0n) is 12.0. The van der Waals surface area contributed by atoms with E-state index in [1.54, 1.807) is 0 Å². The van der Waals surface area contributed by atoms with Gasteiger partial charge in [0.15, 0.2) is 0 Å². The highest BCUT2D eigenvalue weighted by molar-refractivity contribution is 6.30. The third kappa shape index (κ3) is 3.50. The molecule has 106 valence electrons. The van der Waals surface area contributed by atoms with E-state index in [1.165, 1.54) is 18.4 Å². The third-order valence-corrected chi connectivity index (χ3v) is 4.44. The van der Waals surface area contributed by atoms with Crippen LogP contribution in [0.25, 0.3) is 0 Å². The van der Waals surface area contributed by atoms with Gasteiger partial charge in [-0.05, 0) is 30.5 Å². The molecule has 1 N–H and O–H groups in total. The Bertz CT molecular complexity index is 388. The monoisotopic (exact) mass is 281 g/mol. The second-order valence-electron chi connectivity index (χ2n) is 5.42. The van der Waals surface area contributed by atoms with E-state index in [2.05, 4.69) is 38.2 Å². The van der Waals surface area contributed by atoms with Crippen LogP contribution < -0.4 is 5.32 Å². The summed E-state index contributed by atoms with van der Waals surface area (Å²) in [5, 5.41) is 4.36. The molecule has 0 spiro atoms. The van der Waals surface area contributed by atoms with Crippen LogP contribution in [0.3, 0.4) is 0 Å². The highest BCUT2D eigenvalue weighted by Gasteiger charge is 2.32. The maximum Gasteiger partial charge on any atom is 0.0979 e. The van der Waals surface area contributed by atoms with Crippen LogP contribution in [0.1, 0.15) is 45.3 Å². The predicted octanol–water partition coefficient (Wildman–Crippen LogP) is 4.19. The van der Waals surface area contributed by atoms with E-state index in [0.717, 1.165) is 11.6 Å². The Morgan fingerprint density at radius 3 is 2.47 bits per heavy atom. The molecule has 1 saturated heterocycles. The van der Waals surface area contributed by atoms with Crippen LogP contribution in [-0.2, 0) is 4.74 Å². The molecule has 1 aliphatic heterocycles. The van der Waals surface area contributed by atoms with Crippen molar-refractivity contribution in [1.29, 1.82) is 0 Å². The Balaban J connectivity index is 2.12. The van der Waals surface area contributed by atoms with Gasteiger partial charge in [-0.25, -0.2) is 0 Å². The van der Waals surface area contributed by atoms with E-state index in [1.807, 2.05) is 12.1 Å². The van der Waals surface area contributed by atoms with Crippen LogP contribution >= 0.6 is 11.6 Å². The van der Waals surface area contributed by atoms with E-state index in [9.17, 15) is 0 Å². The summed E-state index contributed by atoms with van der Waals surface area (Å²) in [7, 11) is 0. The van der Waals surface area contributed by atoms with E-state index < -0.39 is 0 Å². The molecule has 0 bridgehead atoms. The summed E-state index contributed by atoms with van der Waals surface area (Å²) in [6, 6.07) is 8.36. The minimum atomic E-state index is 0.122. The summed E-state index contributed by atoms with van der Waals surface area (Å²) in [5.41, 5.74) is 1.21. The molecule has 0 amide bonds. The van der Waals surface area contributed by atoms with Gasteiger partial charge in [-0.2, -0.15) is 0 Å². The fourth-order valence-electron chi connectivity index (χ4n) is 2.88. The lowest BCUT2D eigenvalue weighted by Gasteiger charge is -2.39. The number of benzene rings is 1. The Labute approximate surface area is 121 Å². The molecule has 1 heterocycles. The van der Waals surface area contributed by atoms with Gasteiger partial charge in [0, 0.05) is 17.6 Å². The lowest BCUT2D eigenvalue weighted by Crippen LogP contribution is -2.49. The zero-order valence-corrected chi connectivity index (χ0v) is 12.8. The molecule has 2 nitrogen and oxygen atoms in total. The Morgan fingerprint density at radius 1 is 1.26 bits per heavy atom. The molecule has 1 aromatic carbocycles. The number of nitrogens with one attached hydrogen (secondary N) is 1. The standard InChI is InChI=1S/C16H24ClNO/c1-4-12(5-2)15-10-18-11(3)16(19-15)13-6-8-14(17)9-7-13/h6-9,11-12,15-16,18H,4-5,10H2,1-3H3. The molecule has 3 unspecified atom stereocenters. The summed E-state index contributed by atoms with van der Waals surface area (Å²) >= 11 is 5.95. The van der Waals surface area contributed by atoms with Crippen molar-refractivity contribution in [2.45, 2.75) is 51.9 Å². The lowest BCUT2D eigenvalue weighted by molar-refractivity contribution is -0.0881. The number of rotatable bonds is 4. The molecule has 0 saturated carbocycles. The highest BCUT2D eigenvalue weighted by Crippen LogP contribution is 2.31. The van der Waals surface area contributed by atoms with Gasteiger partial charge in [0.25, 0.3) is 0 Å². The molecule has 1 aliphatic rings. The van der Waals surface area contributed by atoms with Crippen molar-refractivity contribution >= 4 is 11.6 Å².